The highest BCUT2D eigenvalue weighted by Gasteiger charge is 2.21. The van der Waals surface area contributed by atoms with E-state index in [2.05, 4.69) is 10.3 Å². The van der Waals surface area contributed by atoms with E-state index in [1.807, 2.05) is 24.3 Å². The zero-order chi connectivity index (χ0) is 15.7. The first kappa shape index (κ1) is 14.8. The molecule has 1 unspecified atom stereocenters. The van der Waals surface area contributed by atoms with Gasteiger partial charge < -0.3 is 4.74 Å². The maximum atomic E-state index is 12.3. The van der Waals surface area contributed by atoms with Gasteiger partial charge in [-0.2, -0.15) is 0 Å². The van der Waals surface area contributed by atoms with E-state index in [0.29, 0.717) is 10.5 Å². The van der Waals surface area contributed by atoms with Gasteiger partial charge in [-0.25, -0.2) is 9.48 Å². The topological polar surface area (TPSA) is 57.0 Å². The summed E-state index contributed by atoms with van der Waals surface area (Å²) in [5.41, 5.74) is 1.47. The number of carbonyl (C=O) groups is 1. The predicted octanol–water partition coefficient (Wildman–Crippen LogP) is 3.90. The molecule has 0 aliphatic rings. The normalized spacial score (nSPS) is 12.3. The monoisotopic (exact) mass is 335 g/mol. The summed E-state index contributed by atoms with van der Waals surface area (Å²) in [4.78, 5) is 12.3. The second kappa shape index (κ2) is 5.94. The molecule has 0 amide bonds. The number of rotatable bonds is 3. The van der Waals surface area contributed by atoms with E-state index in [-0.39, 0.29) is 10.8 Å². The maximum absolute atomic E-state index is 12.3. The quantitative estimate of drug-likeness (QED) is 0.538. The van der Waals surface area contributed by atoms with E-state index in [1.54, 1.807) is 19.1 Å². The van der Waals surface area contributed by atoms with Crippen LogP contribution in [0, 0.1) is 0 Å². The molecule has 7 heteroatoms. The molecule has 5 nitrogen and oxygen atoms in total. The molecule has 3 aromatic rings. The highest BCUT2D eigenvalue weighted by molar-refractivity contribution is 6.35. The van der Waals surface area contributed by atoms with Crippen LogP contribution in [0.4, 0.5) is 0 Å². The molecule has 0 saturated heterocycles. The summed E-state index contributed by atoms with van der Waals surface area (Å²) in [7, 11) is 0. The number of carbonyl (C=O) groups excluding carboxylic acids is 1. The Morgan fingerprint density at radius 2 is 2.00 bits per heavy atom. The van der Waals surface area contributed by atoms with Crippen LogP contribution in [0.5, 0.6) is 5.75 Å². The molecule has 0 saturated carbocycles. The van der Waals surface area contributed by atoms with Crippen LogP contribution in [-0.2, 0) is 4.79 Å². The van der Waals surface area contributed by atoms with E-state index in [1.165, 1.54) is 10.7 Å². The lowest BCUT2D eigenvalue weighted by molar-refractivity contribution is -0.137. The van der Waals surface area contributed by atoms with Crippen LogP contribution in [-0.4, -0.2) is 21.0 Å². The van der Waals surface area contributed by atoms with Crippen molar-refractivity contribution in [3.05, 3.63) is 52.5 Å². The van der Waals surface area contributed by atoms with E-state index in [9.17, 15) is 4.79 Å². The SMILES string of the molecule is CC(C(=O)Oc1ccc(Cl)cc1Cl)n1nnc2ccccc21. The van der Waals surface area contributed by atoms with Gasteiger partial charge in [0.05, 0.1) is 10.5 Å². The molecule has 0 bridgehead atoms. The first-order valence-electron chi connectivity index (χ1n) is 6.53. The number of hydrogen-bond donors (Lipinski definition) is 0. The fourth-order valence-corrected chi connectivity index (χ4v) is 2.47. The standard InChI is InChI=1S/C15H11Cl2N3O2/c1-9(20-13-5-3-2-4-12(13)18-19-20)15(21)22-14-7-6-10(16)8-11(14)17/h2-9H,1H3. The zero-order valence-corrected chi connectivity index (χ0v) is 13.0. The van der Waals surface area contributed by atoms with Crippen molar-refractivity contribution in [1.29, 1.82) is 0 Å². The minimum absolute atomic E-state index is 0.257. The average molecular weight is 336 g/mol. The van der Waals surface area contributed by atoms with Crippen LogP contribution in [0.1, 0.15) is 13.0 Å². The van der Waals surface area contributed by atoms with Gasteiger partial charge >= 0.3 is 5.97 Å². The first-order valence-corrected chi connectivity index (χ1v) is 7.28. The maximum Gasteiger partial charge on any atom is 0.336 e. The van der Waals surface area contributed by atoms with Gasteiger partial charge in [0.15, 0.2) is 0 Å². The van der Waals surface area contributed by atoms with E-state index in [0.717, 1.165) is 5.52 Å². The number of ether oxygens (including phenoxy) is 1. The van der Waals surface area contributed by atoms with Crippen LogP contribution in [0.2, 0.25) is 10.0 Å². The lowest BCUT2D eigenvalue weighted by atomic mass is 10.3. The fraction of sp³-hybridized carbons (Fsp3) is 0.133. The minimum Gasteiger partial charge on any atom is -0.423 e. The van der Waals surface area contributed by atoms with Crippen LogP contribution in [0.25, 0.3) is 11.0 Å². The van der Waals surface area contributed by atoms with Gasteiger partial charge in [-0.15, -0.1) is 5.10 Å². The van der Waals surface area contributed by atoms with Crippen molar-refractivity contribution in [2.24, 2.45) is 0 Å². The average Bonchev–Trinajstić information content (AvgIpc) is 2.93. The van der Waals surface area contributed by atoms with Crippen molar-refractivity contribution in [3.63, 3.8) is 0 Å². The van der Waals surface area contributed by atoms with Crippen molar-refractivity contribution in [2.75, 3.05) is 0 Å². The van der Waals surface area contributed by atoms with Crippen molar-refractivity contribution < 1.29 is 9.53 Å². The van der Waals surface area contributed by atoms with E-state index < -0.39 is 12.0 Å². The second-order valence-corrected chi connectivity index (χ2v) is 5.54. The third kappa shape index (κ3) is 2.77. The van der Waals surface area contributed by atoms with Crippen LogP contribution in [0.3, 0.4) is 0 Å². The summed E-state index contributed by atoms with van der Waals surface area (Å²) < 4.78 is 6.83. The molecule has 0 fully saturated rings. The molecule has 22 heavy (non-hydrogen) atoms. The lowest BCUT2D eigenvalue weighted by Crippen LogP contribution is -2.22. The molecule has 0 radical (unpaired) electrons. The Bertz CT molecular complexity index is 848. The summed E-state index contributed by atoms with van der Waals surface area (Å²) in [6.45, 7) is 1.69. The van der Waals surface area contributed by atoms with Gasteiger partial charge in [0.25, 0.3) is 0 Å². The Morgan fingerprint density at radius 1 is 1.23 bits per heavy atom. The largest absolute Gasteiger partial charge is 0.423 e. The molecule has 2 aromatic carbocycles. The van der Waals surface area contributed by atoms with E-state index >= 15 is 0 Å². The van der Waals surface area contributed by atoms with Crippen molar-refractivity contribution in [3.8, 4) is 5.75 Å². The summed E-state index contributed by atoms with van der Waals surface area (Å²) in [6, 6.07) is 11.4. The van der Waals surface area contributed by atoms with Gasteiger partial charge in [-0.1, -0.05) is 40.5 Å². The number of fused-ring (bicyclic) bond motifs is 1. The lowest BCUT2D eigenvalue weighted by Gasteiger charge is -2.12. The van der Waals surface area contributed by atoms with E-state index in [4.69, 9.17) is 27.9 Å². The van der Waals surface area contributed by atoms with Crippen LogP contribution < -0.4 is 4.74 Å². The highest BCUT2D eigenvalue weighted by atomic mass is 35.5. The highest BCUT2D eigenvalue weighted by Crippen LogP contribution is 2.28. The summed E-state index contributed by atoms with van der Waals surface area (Å²) in [5, 5.41) is 8.77. The molecular formula is C15H11Cl2N3O2. The van der Waals surface area contributed by atoms with Gasteiger partial charge in [-0.05, 0) is 37.3 Å². The molecule has 0 N–H and O–H groups in total. The third-order valence-electron chi connectivity index (χ3n) is 3.19. The Balaban J connectivity index is 1.85. The van der Waals surface area contributed by atoms with Crippen molar-refractivity contribution in [1.82, 2.24) is 15.0 Å². The smallest absolute Gasteiger partial charge is 0.336 e. The first-order chi connectivity index (χ1) is 10.6. The van der Waals surface area contributed by atoms with Crippen molar-refractivity contribution >= 4 is 40.2 Å². The summed E-state index contributed by atoms with van der Waals surface area (Å²) >= 11 is 11.8. The Kier molecular flexibility index (Phi) is 4.00. The molecule has 1 heterocycles. The fourth-order valence-electron chi connectivity index (χ4n) is 2.02. The minimum atomic E-state index is -0.640. The molecular weight excluding hydrogens is 325 g/mol. The van der Waals surface area contributed by atoms with Crippen LogP contribution >= 0.6 is 23.2 Å². The van der Waals surface area contributed by atoms with Gasteiger partial charge in [0, 0.05) is 5.02 Å². The zero-order valence-electron chi connectivity index (χ0n) is 11.5. The Hall–Kier alpha value is -2.11. The number of nitrogens with zero attached hydrogens (tertiary/aromatic N) is 3. The third-order valence-corrected chi connectivity index (χ3v) is 3.72. The van der Waals surface area contributed by atoms with Gasteiger partial charge in [-0.3, -0.25) is 0 Å². The van der Waals surface area contributed by atoms with Gasteiger partial charge in [0.1, 0.15) is 17.3 Å². The molecule has 1 aromatic heterocycles. The molecule has 1 atom stereocenters. The number of benzene rings is 2. The Labute approximate surface area is 136 Å². The second-order valence-electron chi connectivity index (χ2n) is 4.69. The summed E-state index contributed by atoms with van der Waals surface area (Å²) in [6.07, 6.45) is 0. The number of esters is 1. The summed E-state index contributed by atoms with van der Waals surface area (Å²) in [5.74, 6) is -0.229. The van der Waals surface area contributed by atoms with Crippen LogP contribution in [0.15, 0.2) is 42.5 Å². The number of para-hydroxylation sites is 1. The molecule has 0 aliphatic heterocycles. The Morgan fingerprint density at radius 3 is 2.77 bits per heavy atom. The molecule has 3 rings (SSSR count). The number of aromatic nitrogens is 3. The molecule has 0 aliphatic carbocycles. The van der Waals surface area contributed by atoms with Crippen molar-refractivity contribution in [2.45, 2.75) is 13.0 Å². The van der Waals surface area contributed by atoms with Gasteiger partial charge in [0.2, 0.25) is 0 Å². The predicted molar refractivity (Wildman–Crippen MR) is 84.3 cm³/mol. The number of halogens is 2. The number of hydrogen-bond acceptors (Lipinski definition) is 4. The molecule has 112 valence electrons. The molecule has 0 spiro atoms.